The fourth-order valence-corrected chi connectivity index (χ4v) is 3.80. The first kappa shape index (κ1) is 19.1. The van der Waals surface area contributed by atoms with Gasteiger partial charge in [0.2, 0.25) is 0 Å². The second kappa shape index (κ2) is 7.09. The Labute approximate surface area is 179 Å². The molecule has 6 heteroatoms. The van der Waals surface area contributed by atoms with Crippen LogP contribution in [0, 0.1) is 0 Å². The number of nitrogens with zero attached hydrogens (tertiary/aromatic N) is 2. The minimum atomic E-state index is -0.521. The van der Waals surface area contributed by atoms with Gasteiger partial charge >= 0.3 is 0 Å². The van der Waals surface area contributed by atoms with E-state index in [-0.39, 0.29) is 11.7 Å². The standard InChI is InChI=1S/C25H21N3O3/c1-25(2)14-21(29)19-13-18(8-9-22(19)31-25)26-24(30)17-10-11-28-15-20(27-23(28)12-17)16-6-4-3-5-7-16/h3-13,15H,14H2,1-2H3,(H,26,30). The first-order chi connectivity index (χ1) is 14.9. The number of benzene rings is 2. The Morgan fingerprint density at radius 1 is 1.10 bits per heavy atom. The molecule has 0 radical (unpaired) electrons. The molecule has 0 atom stereocenters. The highest BCUT2D eigenvalue weighted by molar-refractivity contribution is 6.06. The quantitative estimate of drug-likeness (QED) is 0.515. The Hall–Kier alpha value is -3.93. The zero-order valence-corrected chi connectivity index (χ0v) is 17.3. The summed E-state index contributed by atoms with van der Waals surface area (Å²) in [6.07, 6.45) is 4.05. The van der Waals surface area contributed by atoms with E-state index >= 15 is 0 Å². The summed E-state index contributed by atoms with van der Waals surface area (Å²) in [7, 11) is 0. The predicted molar refractivity (Wildman–Crippen MR) is 119 cm³/mol. The van der Waals surface area contributed by atoms with Gasteiger partial charge in [-0.2, -0.15) is 0 Å². The van der Waals surface area contributed by atoms with Crippen LogP contribution in [-0.2, 0) is 0 Å². The van der Waals surface area contributed by atoms with E-state index in [0.29, 0.717) is 34.6 Å². The van der Waals surface area contributed by atoms with Crippen molar-refractivity contribution >= 4 is 23.0 Å². The number of carbonyl (C=O) groups is 2. The topological polar surface area (TPSA) is 72.7 Å². The van der Waals surface area contributed by atoms with Gasteiger partial charge < -0.3 is 14.5 Å². The van der Waals surface area contributed by atoms with Crippen LogP contribution in [0.2, 0.25) is 0 Å². The number of ketones is 1. The molecule has 0 fully saturated rings. The number of pyridine rings is 1. The number of ether oxygens (including phenoxy) is 1. The van der Waals surface area contributed by atoms with Crippen molar-refractivity contribution in [1.82, 2.24) is 9.38 Å². The van der Waals surface area contributed by atoms with Crippen LogP contribution in [0.1, 0.15) is 41.0 Å². The molecule has 6 nitrogen and oxygen atoms in total. The summed E-state index contributed by atoms with van der Waals surface area (Å²) in [5.74, 6) is 0.289. The van der Waals surface area contributed by atoms with Crippen molar-refractivity contribution in [1.29, 1.82) is 0 Å². The van der Waals surface area contributed by atoms with Gasteiger partial charge in [0.05, 0.1) is 17.7 Å². The summed E-state index contributed by atoms with van der Waals surface area (Å²) in [5.41, 5.74) is 3.55. The smallest absolute Gasteiger partial charge is 0.255 e. The van der Waals surface area contributed by atoms with Crippen LogP contribution in [0.5, 0.6) is 5.75 Å². The van der Waals surface area contributed by atoms with E-state index in [2.05, 4.69) is 10.3 Å². The third kappa shape index (κ3) is 3.68. The molecule has 1 aliphatic heterocycles. The maximum atomic E-state index is 12.8. The third-order valence-electron chi connectivity index (χ3n) is 5.30. The van der Waals surface area contributed by atoms with Gasteiger partial charge in [-0.05, 0) is 44.2 Å². The number of imidazole rings is 1. The average Bonchev–Trinajstić information content (AvgIpc) is 3.17. The van der Waals surface area contributed by atoms with Crippen molar-refractivity contribution in [2.24, 2.45) is 0 Å². The molecule has 0 spiro atoms. The molecule has 3 heterocycles. The zero-order chi connectivity index (χ0) is 21.6. The zero-order valence-electron chi connectivity index (χ0n) is 17.3. The lowest BCUT2D eigenvalue weighted by Gasteiger charge is -2.31. The highest BCUT2D eigenvalue weighted by Gasteiger charge is 2.32. The summed E-state index contributed by atoms with van der Waals surface area (Å²) in [6, 6.07) is 18.5. The summed E-state index contributed by atoms with van der Waals surface area (Å²) in [4.78, 5) is 29.9. The Balaban J connectivity index is 1.39. The molecule has 2 aromatic heterocycles. The first-order valence-corrected chi connectivity index (χ1v) is 10.1. The molecule has 0 unspecified atom stereocenters. The summed E-state index contributed by atoms with van der Waals surface area (Å²) in [5, 5.41) is 2.87. The van der Waals surface area contributed by atoms with Crippen LogP contribution in [0.15, 0.2) is 73.1 Å². The van der Waals surface area contributed by atoms with E-state index in [1.807, 2.05) is 61.0 Å². The highest BCUT2D eigenvalue weighted by Crippen LogP contribution is 2.34. The summed E-state index contributed by atoms with van der Waals surface area (Å²) >= 11 is 0. The van der Waals surface area contributed by atoms with Gasteiger partial charge in [0.15, 0.2) is 5.78 Å². The lowest BCUT2D eigenvalue weighted by atomic mass is 9.93. The predicted octanol–water partition coefficient (Wildman–Crippen LogP) is 5.00. The minimum Gasteiger partial charge on any atom is -0.487 e. The summed E-state index contributed by atoms with van der Waals surface area (Å²) in [6.45, 7) is 3.77. The van der Waals surface area contributed by atoms with E-state index in [0.717, 1.165) is 11.3 Å². The first-order valence-electron chi connectivity index (χ1n) is 10.1. The van der Waals surface area contributed by atoms with Crippen LogP contribution in [-0.4, -0.2) is 26.7 Å². The van der Waals surface area contributed by atoms with Gasteiger partial charge in [-0.25, -0.2) is 4.98 Å². The van der Waals surface area contributed by atoms with Crippen molar-refractivity contribution in [3.05, 3.63) is 84.2 Å². The number of aromatic nitrogens is 2. The molecular formula is C25H21N3O3. The monoisotopic (exact) mass is 411 g/mol. The van der Waals surface area contributed by atoms with Crippen LogP contribution < -0.4 is 10.1 Å². The number of rotatable bonds is 3. The summed E-state index contributed by atoms with van der Waals surface area (Å²) < 4.78 is 7.76. The van der Waals surface area contributed by atoms with Gasteiger partial charge in [0.25, 0.3) is 5.91 Å². The molecule has 0 saturated carbocycles. The Morgan fingerprint density at radius 3 is 2.71 bits per heavy atom. The minimum absolute atomic E-state index is 0.00888. The third-order valence-corrected chi connectivity index (χ3v) is 5.30. The Bertz CT molecular complexity index is 1320. The fraction of sp³-hybridized carbons (Fsp3) is 0.160. The van der Waals surface area contributed by atoms with Crippen LogP contribution in [0.3, 0.4) is 0 Å². The van der Waals surface area contributed by atoms with Gasteiger partial charge in [0.1, 0.15) is 17.0 Å². The number of anilines is 1. The van der Waals surface area contributed by atoms with Gasteiger partial charge in [-0.3, -0.25) is 9.59 Å². The number of amides is 1. The lowest BCUT2D eigenvalue weighted by molar-refractivity contribution is 0.0620. The number of fused-ring (bicyclic) bond motifs is 2. The van der Waals surface area contributed by atoms with Crippen LogP contribution >= 0.6 is 0 Å². The molecule has 2 aromatic carbocycles. The van der Waals surface area contributed by atoms with Crippen LogP contribution in [0.4, 0.5) is 5.69 Å². The molecule has 5 rings (SSSR count). The van der Waals surface area contributed by atoms with Crippen molar-refractivity contribution in [3.63, 3.8) is 0 Å². The second-order valence-electron chi connectivity index (χ2n) is 8.30. The molecular weight excluding hydrogens is 390 g/mol. The van der Waals surface area contributed by atoms with Crippen LogP contribution in [0.25, 0.3) is 16.9 Å². The molecule has 1 aliphatic rings. The molecule has 1 amide bonds. The SMILES string of the molecule is CC1(C)CC(=O)c2cc(NC(=O)c3ccn4cc(-c5ccccc5)nc4c3)ccc2O1. The second-order valence-corrected chi connectivity index (χ2v) is 8.30. The molecule has 0 aliphatic carbocycles. The van der Waals surface area contributed by atoms with Gasteiger partial charge in [-0.1, -0.05) is 30.3 Å². The van der Waals surface area contributed by atoms with Crippen molar-refractivity contribution in [2.75, 3.05) is 5.32 Å². The maximum absolute atomic E-state index is 12.8. The van der Waals surface area contributed by atoms with Crippen molar-refractivity contribution < 1.29 is 14.3 Å². The maximum Gasteiger partial charge on any atom is 0.255 e. The molecule has 4 aromatic rings. The molecule has 0 bridgehead atoms. The normalized spacial score (nSPS) is 14.7. The largest absolute Gasteiger partial charge is 0.487 e. The van der Waals surface area contributed by atoms with Gasteiger partial charge in [0, 0.05) is 29.2 Å². The van der Waals surface area contributed by atoms with E-state index in [1.165, 1.54) is 0 Å². The van der Waals surface area contributed by atoms with E-state index in [9.17, 15) is 9.59 Å². The van der Waals surface area contributed by atoms with Crippen molar-refractivity contribution in [2.45, 2.75) is 25.9 Å². The fourth-order valence-electron chi connectivity index (χ4n) is 3.80. The number of hydrogen-bond donors (Lipinski definition) is 1. The van der Waals surface area contributed by atoms with E-state index < -0.39 is 5.60 Å². The van der Waals surface area contributed by atoms with Gasteiger partial charge in [-0.15, -0.1) is 0 Å². The Morgan fingerprint density at radius 2 is 1.90 bits per heavy atom. The Kier molecular flexibility index (Phi) is 4.36. The molecule has 1 N–H and O–H groups in total. The van der Waals surface area contributed by atoms with E-state index in [4.69, 9.17) is 4.74 Å². The van der Waals surface area contributed by atoms with Crippen molar-refractivity contribution in [3.8, 4) is 17.0 Å². The molecule has 31 heavy (non-hydrogen) atoms. The number of nitrogens with one attached hydrogen (secondary N) is 1. The average molecular weight is 411 g/mol. The molecule has 0 saturated heterocycles. The van der Waals surface area contributed by atoms with E-state index in [1.54, 1.807) is 30.3 Å². The molecule has 154 valence electrons. The number of hydrogen-bond acceptors (Lipinski definition) is 4. The number of carbonyl (C=O) groups excluding carboxylic acids is 2. The number of Topliss-reactive ketones (excluding diaryl/α,β-unsaturated/α-hetero) is 1. The highest BCUT2D eigenvalue weighted by atomic mass is 16.5. The lowest BCUT2D eigenvalue weighted by Crippen LogP contribution is -2.35.